The van der Waals surface area contributed by atoms with Crippen molar-refractivity contribution in [3.63, 3.8) is 0 Å². The van der Waals surface area contributed by atoms with E-state index in [0.717, 1.165) is 44.9 Å². The zero-order valence-corrected chi connectivity index (χ0v) is 35.4. The van der Waals surface area contributed by atoms with Crippen molar-refractivity contribution in [1.82, 2.24) is 0 Å². The fourth-order valence-corrected chi connectivity index (χ4v) is 7.79. The van der Waals surface area contributed by atoms with Crippen LogP contribution >= 0.6 is 12.3 Å². The van der Waals surface area contributed by atoms with E-state index in [2.05, 4.69) is 30.1 Å². The van der Waals surface area contributed by atoms with Crippen molar-refractivity contribution in [3.8, 4) is 0 Å². The van der Waals surface area contributed by atoms with E-state index in [4.69, 9.17) is 33.1 Å². The molecule has 12 atom stereocenters. The van der Waals surface area contributed by atoms with Crippen LogP contribution in [0, 0.1) is 11.8 Å². The third kappa shape index (κ3) is 18.8. The predicted octanol–water partition coefficient (Wildman–Crippen LogP) is 5.60. The van der Waals surface area contributed by atoms with Crippen LogP contribution in [0.15, 0.2) is 11.6 Å². The van der Waals surface area contributed by atoms with Gasteiger partial charge in [-0.25, -0.2) is 10.1 Å². The summed E-state index contributed by atoms with van der Waals surface area (Å²) in [6.07, 6.45) is 3.22. The second kappa shape index (κ2) is 29.7. The fourth-order valence-electron chi connectivity index (χ4n) is 7.42. The maximum Gasteiger partial charge on any atom is 0.333 e. The van der Waals surface area contributed by atoms with Crippen LogP contribution in [0.3, 0.4) is 0 Å². The maximum absolute atomic E-state index is 13.5. The molecule has 16 nitrogen and oxygen atoms in total. The summed E-state index contributed by atoms with van der Waals surface area (Å²) in [4.78, 5) is 26.9. The maximum atomic E-state index is 13.5. The van der Waals surface area contributed by atoms with Crippen molar-refractivity contribution in [1.29, 1.82) is 0 Å². The van der Waals surface area contributed by atoms with Gasteiger partial charge in [-0.2, -0.15) is 0 Å². The van der Waals surface area contributed by atoms with E-state index in [0.29, 0.717) is 12.3 Å². The van der Waals surface area contributed by atoms with Crippen LogP contribution in [0.25, 0.3) is 0 Å². The van der Waals surface area contributed by atoms with Gasteiger partial charge in [-0.05, 0) is 31.6 Å². The average molecular weight is 841 g/mol. The molecule has 0 radical (unpaired) electrons. The second-order valence-electron chi connectivity index (χ2n) is 15.6. The molecule has 2 aliphatic rings. The Labute approximate surface area is 343 Å². The molecule has 2 saturated heterocycles. The predicted molar refractivity (Wildman–Crippen MR) is 210 cm³/mol. The number of allylic oxidation sites excluding steroid dienone is 1. The molecule has 0 aromatic carbocycles. The summed E-state index contributed by atoms with van der Waals surface area (Å²) in [5, 5.41) is 65.0. The van der Waals surface area contributed by atoms with Crippen LogP contribution in [-0.4, -0.2) is 117 Å². The standard InChI is InChI=1S/C40H72O16S/c1-6-8-9-10-11-12-13-14-15-16-17-18-19-21-31(43)51-37-36(52-38(47)28(5)23-27(4)22-26(3)20-7-2)33(45)30(25-42)50-40(37)53-39-34(46)35(54-57-56-55-48)32(44)29(24-41)49-39/h23,26-27,29-30,32-37,39-42,44-46,48H,6-22,24-25H2,1-5H3/t26-,27-,29?,30?,32?,33?,34?,35?,36?,37?,39?,40?/m0/s1. The van der Waals surface area contributed by atoms with Crippen LogP contribution in [-0.2, 0) is 46.8 Å². The molecule has 0 aromatic rings. The Morgan fingerprint density at radius 1 is 0.719 bits per heavy atom. The molecule has 17 heteroatoms. The van der Waals surface area contributed by atoms with E-state index < -0.39 is 86.6 Å². The molecule has 57 heavy (non-hydrogen) atoms. The van der Waals surface area contributed by atoms with Crippen molar-refractivity contribution in [2.24, 2.45) is 11.8 Å². The first kappa shape index (κ1) is 51.7. The van der Waals surface area contributed by atoms with Gasteiger partial charge in [-0.15, -0.1) is 4.33 Å². The van der Waals surface area contributed by atoms with Crippen LogP contribution in [0.5, 0.6) is 0 Å². The molecule has 2 fully saturated rings. The molecule has 0 spiro atoms. The number of hydrogen-bond donors (Lipinski definition) is 6. The van der Waals surface area contributed by atoms with Gasteiger partial charge in [0, 0.05) is 12.0 Å². The smallest absolute Gasteiger partial charge is 0.333 e. The zero-order valence-electron chi connectivity index (χ0n) is 34.6. The third-order valence-electron chi connectivity index (χ3n) is 10.5. The van der Waals surface area contributed by atoms with E-state index in [1.54, 1.807) is 13.0 Å². The van der Waals surface area contributed by atoms with Crippen LogP contribution in [0.2, 0.25) is 0 Å². The second-order valence-corrected chi connectivity index (χ2v) is 16.1. The summed E-state index contributed by atoms with van der Waals surface area (Å²) in [6.45, 7) is 8.54. The lowest BCUT2D eigenvalue weighted by molar-refractivity contribution is -0.435. The van der Waals surface area contributed by atoms with Gasteiger partial charge < -0.3 is 49.2 Å². The van der Waals surface area contributed by atoms with Crippen molar-refractivity contribution in [2.75, 3.05) is 13.2 Å². The van der Waals surface area contributed by atoms with Gasteiger partial charge in [0.05, 0.1) is 13.2 Å². The van der Waals surface area contributed by atoms with Crippen molar-refractivity contribution in [3.05, 3.63) is 11.6 Å². The molecular formula is C40H72O16S. The lowest BCUT2D eigenvalue weighted by Crippen LogP contribution is -2.65. The molecule has 0 saturated carbocycles. The molecule has 6 N–H and O–H groups in total. The first-order chi connectivity index (χ1) is 27.4. The Balaban J connectivity index is 2.19. The molecule has 0 aromatic heterocycles. The van der Waals surface area contributed by atoms with Gasteiger partial charge in [0.25, 0.3) is 0 Å². The van der Waals surface area contributed by atoms with E-state index in [9.17, 15) is 35.1 Å². The van der Waals surface area contributed by atoms with Crippen molar-refractivity contribution >= 4 is 24.3 Å². The minimum Gasteiger partial charge on any atom is -0.453 e. The lowest BCUT2D eigenvalue weighted by Gasteiger charge is -2.46. The number of carbonyl (C=O) groups excluding carboxylic acids is 2. The largest absolute Gasteiger partial charge is 0.453 e. The molecule has 2 heterocycles. The SMILES string of the molecule is CCCCCCCCCCCCCCCC(=O)OC1C(OC2OC(CO)C(O)C(OSOOO)C2O)OC(CO)C(O)C1OC(=O)C(C)=C[C@@H](C)C[C@@H](C)CCC. The van der Waals surface area contributed by atoms with Gasteiger partial charge in [0.1, 0.15) is 36.6 Å². The number of aliphatic hydroxyl groups is 5. The monoisotopic (exact) mass is 840 g/mol. The van der Waals surface area contributed by atoms with Crippen molar-refractivity contribution < 1.29 is 77.6 Å². The summed E-state index contributed by atoms with van der Waals surface area (Å²) in [7, 11) is 0. The molecule has 0 bridgehead atoms. The molecule has 334 valence electrons. The van der Waals surface area contributed by atoms with Gasteiger partial charge in [-0.1, -0.05) is 129 Å². The van der Waals surface area contributed by atoms with Gasteiger partial charge in [-0.3, -0.25) is 8.98 Å². The van der Waals surface area contributed by atoms with E-state index in [-0.39, 0.29) is 30.2 Å². The van der Waals surface area contributed by atoms with E-state index in [1.165, 1.54) is 51.4 Å². The Bertz CT molecular complexity index is 1120. The van der Waals surface area contributed by atoms with E-state index >= 15 is 0 Å². The number of carbonyl (C=O) groups is 2. The highest BCUT2D eigenvalue weighted by atomic mass is 32.2. The van der Waals surface area contributed by atoms with Crippen LogP contribution < -0.4 is 0 Å². The summed E-state index contributed by atoms with van der Waals surface area (Å²) in [5.74, 6) is -1.00. The highest BCUT2D eigenvalue weighted by Crippen LogP contribution is 2.33. The highest BCUT2D eigenvalue weighted by molar-refractivity contribution is 7.89. The number of rotatable bonds is 30. The topological polar surface area (TPSA) is 229 Å². The Morgan fingerprint density at radius 2 is 1.26 bits per heavy atom. The summed E-state index contributed by atoms with van der Waals surface area (Å²) < 4.78 is 38.4. The van der Waals surface area contributed by atoms with Gasteiger partial charge >= 0.3 is 11.9 Å². The summed E-state index contributed by atoms with van der Waals surface area (Å²) >= 11 is 0.0652. The minimum absolute atomic E-state index is 0.00889. The first-order valence-corrected chi connectivity index (χ1v) is 21.7. The zero-order chi connectivity index (χ0) is 42.2. The van der Waals surface area contributed by atoms with Crippen molar-refractivity contribution in [2.45, 2.75) is 205 Å². The van der Waals surface area contributed by atoms with Crippen LogP contribution in [0.1, 0.15) is 144 Å². The quantitative estimate of drug-likeness (QED) is 0.0129. The van der Waals surface area contributed by atoms with Gasteiger partial charge in [0.15, 0.2) is 30.8 Å². The third-order valence-corrected chi connectivity index (χ3v) is 10.9. The molecule has 2 aliphatic heterocycles. The number of esters is 2. The minimum atomic E-state index is -1.81. The molecular weight excluding hydrogens is 768 g/mol. The molecule has 10 unspecified atom stereocenters. The van der Waals surface area contributed by atoms with E-state index in [1.807, 2.05) is 6.92 Å². The number of aliphatic hydroxyl groups excluding tert-OH is 5. The summed E-state index contributed by atoms with van der Waals surface area (Å²) in [5.41, 5.74) is 0.261. The Morgan fingerprint density at radius 3 is 1.81 bits per heavy atom. The highest BCUT2D eigenvalue weighted by Gasteiger charge is 2.54. The van der Waals surface area contributed by atoms with Gasteiger partial charge in [0.2, 0.25) is 6.29 Å². The molecule has 0 amide bonds. The molecule has 2 rings (SSSR count). The average Bonchev–Trinajstić information content (AvgIpc) is 3.18. The van der Waals surface area contributed by atoms with Crippen LogP contribution in [0.4, 0.5) is 0 Å². The normalized spacial score (nSPS) is 29.2. The number of ether oxygens (including phenoxy) is 5. The first-order valence-electron chi connectivity index (χ1n) is 21.0. The Kier molecular flexibility index (Phi) is 27.0. The summed E-state index contributed by atoms with van der Waals surface area (Å²) in [6, 6.07) is 0. The fraction of sp³-hybridized carbons (Fsp3) is 0.900. The molecule has 0 aliphatic carbocycles. The Hall–Kier alpha value is -1.45. The lowest BCUT2D eigenvalue weighted by atomic mass is 9.92. The number of unbranched alkanes of at least 4 members (excludes halogenated alkanes) is 12. The number of hydrogen-bond acceptors (Lipinski definition) is 17.